The minimum absolute atomic E-state index is 1.92. The second kappa shape index (κ2) is 4.91. The molecule has 0 amide bonds. The van der Waals surface area contributed by atoms with Gasteiger partial charge in [0.2, 0.25) is 0 Å². The molecular formula is C5H9P. The number of rotatable bonds is 1. The van der Waals surface area contributed by atoms with Gasteiger partial charge in [-0.25, -0.2) is 0 Å². The lowest BCUT2D eigenvalue weighted by atomic mass is 10.5. The summed E-state index contributed by atoms with van der Waals surface area (Å²) in [6, 6.07) is 0. The molecule has 1 unspecified atom stereocenters. The number of allylic oxidation sites excluding steroid dienone is 3. The smallest absolute Gasteiger partial charge is 0.0467 e. The summed E-state index contributed by atoms with van der Waals surface area (Å²) in [5.74, 6) is 1.92. The zero-order valence-electron chi connectivity index (χ0n) is 3.89. The van der Waals surface area contributed by atoms with E-state index in [4.69, 9.17) is 0 Å². The lowest BCUT2D eigenvalue weighted by Gasteiger charge is -1.62. The van der Waals surface area contributed by atoms with Crippen molar-refractivity contribution in [1.29, 1.82) is 0 Å². The Morgan fingerprint density at radius 3 is 2.17 bits per heavy atom. The van der Waals surface area contributed by atoms with Crippen molar-refractivity contribution in [2.75, 3.05) is 0 Å². The molecule has 0 fully saturated rings. The first kappa shape index (κ1) is 5.91. The molecule has 0 bridgehead atoms. The molecule has 1 heteroatoms. The first-order valence-corrected chi connectivity index (χ1v) is 2.58. The second-order valence-corrected chi connectivity index (χ2v) is 1.30. The summed E-state index contributed by atoms with van der Waals surface area (Å²) in [6.07, 6.45) is 5.93. The van der Waals surface area contributed by atoms with E-state index in [1.165, 1.54) is 0 Å². The molecule has 0 aliphatic heterocycles. The molecule has 0 spiro atoms. The molecule has 0 saturated heterocycles. The largest absolute Gasteiger partial charge is 0.114 e. The highest BCUT2D eigenvalue weighted by atomic mass is 31.0. The van der Waals surface area contributed by atoms with E-state index >= 15 is 0 Å². The van der Waals surface area contributed by atoms with Crippen molar-refractivity contribution in [2.24, 2.45) is 0 Å². The van der Waals surface area contributed by atoms with Crippen LogP contribution in [0.3, 0.4) is 0 Å². The molecule has 34 valence electrons. The van der Waals surface area contributed by atoms with Crippen LogP contribution >= 0.6 is 9.24 Å². The minimum Gasteiger partial charge on any atom is -0.114 e. The van der Waals surface area contributed by atoms with E-state index in [1.807, 2.05) is 31.0 Å². The van der Waals surface area contributed by atoms with Crippen LogP contribution in [0, 0.1) is 0 Å². The van der Waals surface area contributed by atoms with Crippen LogP contribution in [0.2, 0.25) is 0 Å². The van der Waals surface area contributed by atoms with E-state index < -0.39 is 0 Å². The Balaban J connectivity index is 3.07. The van der Waals surface area contributed by atoms with Crippen LogP contribution in [0.25, 0.3) is 0 Å². The molecule has 0 N–H and O–H groups in total. The number of hydrogen-bond donors (Lipinski definition) is 0. The summed E-state index contributed by atoms with van der Waals surface area (Å²) in [7, 11) is 2.50. The van der Waals surface area contributed by atoms with Gasteiger partial charge in [-0.2, -0.15) is 0 Å². The van der Waals surface area contributed by atoms with Gasteiger partial charge in [0.1, 0.15) is 0 Å². The molecular weight excluding hydrogens is 91.0 g/mol. The summed E-state index contributed by atoms with van der Waals surface area (Å²) < 4.78 is 0. The van der Waals surface area contributed by atoms with Crippen molar-refractivity contribution < 1.29 is 0 Å². The Bertz CT molecular complexity index is 52.3. The third-order valence-electron chi connectivity index (χ3n) is 0.415. The lowest BCUT2D eigenvalue weighted by Crippen LogP contribution is -1.37. The van der Waals surface area contributed by atoms with E-state index in [2.05, 4.69) is 9.24 Å². The summed E-state index contributed by atoms with van der Waals surface area (Å²) in [5.41, 5.74) is 0. The van der Waals surface area contributed by atoms with Gasteiger partial charge in [0, 0.05) is 0 Å². The van der Waals surface area contributed by atoms with Gasteiger partial charge in [-0.05, 0) is 6.92 Å². The first-order valence-electron chi connectivity index (χ1n) is 1.91. The van der Waals surface area contributed by atoms with Crippen LogP contribution in [0.5, 0.6) is 0 Å². The molecule has 0 saturated carbocycles. The first-order chi connectivity index (χ1) is 2.91. The Kier molecular flexibility index (Phi) is 4.84. The molecule has 0 heterocycles. The topological polar surface area (TPSA) is 0 Å². The van der Waals surface area contributed by atoms with Crippen LogP contribution in [0.4, 0.5) is 0 Å². The molecule has 0 radical (unpaired) electrons. The monoisotopic (exact) mass is 100 g/mol. The highest BCUT2D eigenvalue weighted by Crippen LogP contribution is 1.82. The molecule has 0 aliphatic rings. The summed E-state index contributed by atoms with van der Waals surface area (Å²) in [4.78, 5) is 0. The average Bonchev–Trinajstić information content (AvgIpc) is 1.61. The maximum absolute atomic E-state index is 2.50. The normalized spacial score (nSPS) is 11.7. The van der Waals surface area contributed by atoms with Crippen molar-refractivity contribution in [3.05, 3.63) is 24.0 Å². The quantitative estimate of drug-likeness (QED) is 0.349. The zero-order chi connectivity index (χ0) is 4.83. The van der Waals surface area contributed by atoms with Crippen LogP contribution in [0.1, 0.15) is 6.92 Å². The van der Waals surface area contributed by atoms with Gasteiger partial charge in [0.25, 0.3) is 0 Å². The SMILES string of the molecule is CC=CC=CP. The van der Waals surface area contributed by atoms with E-state index in [9.17, 15) is 0 Å². The van der Waals surface area contributed by atoms with Crippen LogP contribution in [0.15, 0.2) is 24.0 Å². The van der Waals surface area contributed by atoms with E-state index in [-0.39, 0.29) is 0 Å². The van der Waals surface area contributed by atoms with Gasteiger partial charge in [-0.1, -0.05) is 24.0 Å². The standard InChI is InChI=1S/C5H9P/c1-2-3-4-5-6/h2-5H,6H2,1H3. The van der Waals surface area contributed by atoms with E-state index in [0.29, 0.717) is 0 Å². The van der Waals surface area contributed by atoms with Gasteiger partial charge >= 0.3 is 0 Å². The van der Waals surface area contributed by atoms with Crippen molar-refractivity contribution in [2.45, 2.75) is 6.92 Å². The molecule has 1 atom stereocenters. The molecule has 0 aliphatic carbocycles. The Morgan fingerprint density at radius 1 is 1.33 bits per heavy atom. The maximum atomic E-state index is 2.50. The number of hydrogen-bond acceptors (Lipinski definition) is 0. The van der Waals surface area contributed by atoms with Crippen molar-refractivity contribution in [3.8, 4) is 0 Å². The third kappa shape index (κ3) is 3.91. The maximum Gasteiger partial charge on any atom is -0.0467 e. The van der Waals surface area contributed by atoms with Gasteiger partial charge in [-0.3, -0.25) is 0 Å². The van der Waals surface area contributed by atoms with Gasteiger partial charge < -0.3 is 0 Å². The van der Waals surface area contributed by atoms with Crippen molar-refractivity contribution >= 4 is 9.24 Å². The fourth-order valence-corrected chi connectivity index (χ4v) is 0.304. The summed E-state index contributed by atoms with van der Waals surface area (Å²) in [5, 5.41) is 0. The van der Waals surface area contributed by atoms with E-state index in [1.54, 1.807) is 0 Å². The Hall–Kier alpha value is -0.0900. The molecule has 0 aromatic carbocycles. The molecule has 0 aromatic heterocycles. The van der Waals surface area contributed by atoms with Crippen LogP contribution in [-0.2, 0) is 0 Å². The molecule has 6 heavy (non-hydrogen) atoms. The molecule has 0 nitrogen and oxygen atoms in total. The zero-order valence-corrected chi connectivity index (χ0v) is 5.04. The average molecular weight is 100 g/mol. The second-order valence-electron chi connectivity index (χ2n) is 0.911. The summed E-state index contributed by atoms with van der Waals surface area (Å²) >= 11 is 0. The van der Waals surface area contributed by atoms with Gasteiger partial charge in [0.15, 0.2) is 0 Å². The van der Waals surface area contributed by atoms with Gasteiger partial charge in [0.05, 0.1) is 0 Å². The van der Waals surface area contributed by atoms with Crippen LogP contribution < -0.4 is 0 Å². The lowest BCUT2D eigenvalue weighted by molar-refractivity contribution is 1.74. The summed E-state index contributed by atoms with van der Waals surface area (Å²) in [6.45, 7) is 1.99. The van der Waals surface area contributed by atoms with Crippen LogP contribution in [-0.4, -0.2) is 0 Å². The fraction of sp³-hybridized carbons (Fsp3) is 0.200. The van der Waals surface area contributed by atoms with Crippen molar-refractivity contribution in [1.82, 2.24) is 0 Å². The highest BCUT2D eigenvalue weighted by Gasteiger charge is 1.48. The van der Waals surface area contributed by atoms with Crippen molar-refractivity contribution in [3.63, 3.8) is 0 Å². The highest BCUT2D eigenvalue weighted by molar-refractivity contribution is 7.20. The third-order valence-corrected chi connectivity index (χ3v) is 0.637. The minimum atomic E-state index is 1.92. The molecule has 0 rings (SSSR count). The predicted molar refractivity (Wildman–Crippen MR) is 33.7 cm³/mol. The Morgan fingerprint density at radius 2 is 2.00 bits per heavy atom. The fourth-order valence-electron chi connectivity index (χ4n) is 0.175. The van der Waals surface area contributed by atoms with Gasteiger partial charge in [-0.15, -0.1) is 9.24 Å². The molecule has 0 aromatic rings. The predicted octanol–water partition coefficient (Wildman–Crippen LogP) is 1.95. The van der Waals surface area contributed by atoms with E-state index in [0.717, 1.165) is 0 Å². The Labute approximate surface area is 41.1 Å².